The van der Waals surface area contributed by atoms with Gasteiger partial charge in [-0.2, -0.15) is 5.01 Å². The van der Waals surface area contributed by atoms with Gasteiger partial charge in [0.1, 0.15) is 11.5 Å². The number of hydrogen-bond donors (Lipinski definition) is 7. The molecule has 0 bridgehead atoms. The molecule has 0 radical (unpaired) electrons. The lowest BCUT2D eigenvalue weighted by atomic mass is 10.1. The number of benzene rings is 2. The number of nitrogens with two attached hydrogens (primary N) is 1. The number of phenolic OH excluding ortho intramolecular Hbond substituents is 2. The molecule has 0 atom stereocenters. The van der Waals surface area contributed by atoms with Gasteiger partial charge in [-0.05, 0) is 49.2 Å². The molecule has 14 heteroatoms. The molecule has 0 saturated heterocycles. The quantitative estimate of drug-likeness (QED) is 0.0806. The zero-order chi connectivity index (χ0) is 28.4. The maximum absolute atomic E-state index is 13.3. The maximum Gasteiger partial charge on any atom is 0.283 e. The summed E-state index contributed by atoms with van der Waals surface area (Å²) in [5.41, 5.74) is 3.62. The van der Waals surface area contributed by atoms with Gasteiger partial charge in [0.05, 0.1) is 11.1 Å². The fourth-order valence-electron chi connectivity index (χ4n) is 3.24. The first-order valence-corrected chi connectivity index (χ1v) is 11.3. The highest BCUT2D eigenvalue weighted by atomic mass is 16.3. The van der Waals surface area contributed by atoms with Gasteiger partial charge in [0.25, 0.3) is 11.8 Å². The SMILES string of the molecule is CC(=O)Nc1ccc(O)c(C(=O)NN(C(=O)CCCCC(=O)NN)C(=O)c2cc(NC(C)=O)ccc2O)c1. The van der Waals surface area contributed by atoms with Crippen molar-refractivity contribution in [2.75, 3.05) is 10.6 Å². The van der Waals surface area contributed by atoms with Gasteiger partial charge in [-0.15, -0.1) is 0 Å². The number of hydrazine groups is 2. The number of hydrogen-bond acceptors (Lipinski definition) is 9. The molecule has 0 unspecified atom stereocenters. The number of nitrogens with one attached hydrogen (secondary N) is 4. The van der Waals surface area contributed by atoms with Gasteiger partial charge >= 0.3 is 0 Å². The lowest BCUT2D eigenvalue weighted by Gasteiger charge is -2.23. The third-order valence-corrected chi connectivity index (χ3v) is 4.98. The molecule has 202 valence electrons. The zero-order valence-corrected chi connectivity index (χ0v) is 20.7. The number of unbranched alkanes of at least 4 members (excludes halogenated alkanes) is 1. The second kappa shape index (κ2) is 13.4. The summed E-state index contributed by atoms with van der Waals surface area (Å²) in [4.78, 5) is 73.4. The topological polar surface area (TPSA) is 220 Å². The Morgan fingerprint density at radius 3 is 1.82 bits per heavy atom. The van der Waals surface area contributed by atoms with Gasteiger partial charge in [-0.3, -0.25) is 39.6 Å². The van der Waals surface area contributed by atoms with Crippen LogP contribution in [0.1, 0.15) is 60.2 Å². The lowest BCUT2D eigenvalue weighted by molar-refractivity contribution is -0.131. The van der Waals surface area contributed by atoms with Crippen LogP contribution >= 0.6 is 0 Å². The summed E-state index contributed by atoms with van der Waals surface area (Å²) in [6.07, 6.45) is 0.127. The minimum atomic E-state index is -1.13. The highest BCUT2D eigenvalue weighted by Gasteiger charge is 2.28. The summed E-state index contributed by atoms with van der Waals surface area (Å²) in [5.74, 6) is -0.453. The molecule has 6 amide bonds. The molecular formula is C24H28N6O8. The highest BCUT2D eigenvalue weighted by molar-refractivity contribution is 6.09. The summed E-state index contributed by atoms with van der Waals surface area (Å²) in [6, 6.07) is 7.18. The normalized spacial score (nSPS) is 10.2. The standard InChI is InChI=1S/C24H28N6O8/c1-13(31)26-15-7-9-19(33)17(11-15)23(37)29-30(22(36)6-4-3-5-21(35)28-25)24(38)18-12-16(27-14(2)32)8-10-20(18)34/h7-12,33-34H,3-6,25H2,1-2H3,(H,26,31)(H,27,32)(H,28,35)(H,29,37). The third-order valence-electron chi connectivity index (χ3n) is 4.98. The molecule has 0 aromatic heterocycles. The smallest absolute Gasteiger partial charge is 0.283 e. The molecule has 0 aliphatic heterocycles. The Balaban J connectivity index is 2.37. The van der Waals surface area contributed by atoms with Crippen molar-refractivity contribution in [3.8, 4) is 11.5 Å². The van der Waals surface area contributed by atoms with Crippen LogP contribution in [0.5, 0.6) is 11.5 Å². The summed E-state index contributed by atoms with van der Waals surface area (Å²) in [5, 5.41) is 25.7. The molecule has 8 N–H and O–H groups in total. The first-order valence-electron chi connectivity index (χ1n) is 11.3. The first-order chi connectivity index (χ1) is 17.9. The van der Waals surface area contributed by atoms with E-state index in [2.05, 4.69) is 16.1 Å². The van der Waals surface area contributed by atoms with Crippen LogP contribution in [0.2, 0.25) is 0 Å². The molecule has 0 fully saturated rings. The number of rotatable bonds is 9. The largest absolute Gasteiger partial charge is 0.507 e. The van der Waals surface area contributed by atoms with Gasteiger partial charge in [-0.25, -0.2) is 5.84 Å². The van der Waals surface area contributed by atoms with Crippen LogP contribution in [-0.2, 0) is 19.2 Å². The van der Waals surface area contributed by atoms with Crippen molar-refractivity contribution in [3.05, 3.63) is 47.5 Å². The first kappa shape index (κ1) is 29.3. The predicted molar refractivity (Wildman–Crippen MR) is 134 cm³/mol. The summed E-state index contributed by atoms with van der Waals surface area (Å²) in [6.45, 7) is 2.47. The molecular weight excluding hydrogens is 500 g/mol. The number of nitrogens with zero attached hydrogens (tertiary/aromatic N) is 1. The van der Waals surface area contributed by atoms with E-state index in [0.29, 0.717) is 5.01 Å². The summed E-state index contributed by atoms with van der Waals surface area (Å²) in [7, 11) is 0. The lowest BCUT2D eigenvalue weighted by Crippen LogP contribution is -2.50. The Kier molecular flexibility index (Phi) is 10.3. The second-order valence-corrected chi connectivity index (χ2v) is 8.08. The third kappa shape index (κ3) is 8.30. The van der Waals surface area contributed by atoms with Crippen LogP contribution in [0.15, 0.2) is 36.4 Å². The fourth-order valence-corrected chi connectivity index (χ4v) is 3.24. The Labute approximate surface area is 217 Å². The molecule has 0 spiro atoms. The molecule has 2 rings (SSSR count). The Hall–Kier alpha value is -4.98. The van der Waals surface area contributed by atoms with Gasteiger partial charge < -0.3 is 20.8 Å². The van der Waals surface area contributed by atoms with Crippen molar-refractivity contribution in [1.82, 2.24) is 15.9 Å². The van der Waals surface area contributed by atoms with Crippen LogP contribution in [-0.4, -0.2) is 50.7 Å². The van der Waals surface area contributed by atoms with Crippen LogP contribution in [0.3, 0.4) is 0 Å². The molecule has 0 saturated carbocycles. The number of phenols is 2. The van der Waals surface area contributed by atoms with Gasteiger partial charge in [0, 0.05) is 38.1 Å². The Morgan fingerprint density at radius 1 is 0.789 bits per heavy atom. The molecule has 2 aromatic rings. The second-order valence-electron chi connectivity index (χ2n) is 8.08. The zero-order valence-electron chi connectivity index (χ0n) is 20.7. The van der Waals surface area contributed by atoms with E-state index in [9.17, 15) is 39.0 Å². The average Bonchev–Trinajstić information content (AvgIpc) is 2.85. The van der Waals surface area contributed by atoms with E-state index in [1.54, 1.807) is 0 Å². The Morgan fingerprint density at radius 2 is 1.29 bits per heavy atom. The molecule has 0 aliphatic carbocycles. The van der Waals surface area contributed by atoms with E-state index in [0.717, 1.165) is 24.3 Å². The van der Waals surface area contributed by atoms with Crippen molar-refractivity contribution in [1.29, 1.82) is 0 Å². The van der Waals surface area contributed by atoms with E-state index < -0.39 is 52.5 Å². The van der Waals surface area contributed by atoms with E-state index in [-0.39, 0.29) is 42.6 Å². The van der Waals surface area contributed by atoms with Crippen molar-refractivity contribution < 1.29 is 39.0 Å². The maximum atomic E-state index is 13.3. The van der Waals surface area contributed by atoms with Crippen molar-refractivity contribution >= 4 is 46.8 Å². The van der Waals surface area contributed by atoms with Crippen molar-refractivity contribution in [2.45, 2.75) is 39.5 Å². The minimum Gasteiger partial charge on any atom is -0.507 e. The van der Waals surface area contributed by atoms with Crippen LogP contribution in [0, 0.1) is 0 Å². The summed E-state index contributed by atoms with van der Waals surface area (Å²) >= 11 is 0. The monoisotopic (exact) mass is 528 g/mol. The van der Waals surface area contributed by atoms with E-state index in [1.165, 1.54) is 26.0 Å². The van der Waals surface area contributed by atoms with Crippen LogP contribution in [0.25, 0.3) is 0 Å². The van der Waals surface area contributed by atoms with Crippen LogP contribution in [0.4, 0.5) is 11.4 Å². The van der Waals surface area contributed by atoms with Crippen molar-refractivity contribution in [2.24, 2.45) is 5.84 Å². The van der Waals surface area contributed by atoms with Crippen molar-refractivity contribution in [3.63, 3.8) is 0 Å². The number of imide groups is 1. The van der Waals surface area contributed by atoms with Crippen LogP contribution < -0.4 is 27.3 Å². The van der Waals surface area contributed by atoms with Gasteiger partial charge in [0.15, 0.2) is 0 Å². The number of amides is 6. The molecule has 0 heterocycles. The molecule has 14 nitrogen and oxygen atoms in total. The molecule has 0 aliphatic rings. The average molecular weight is 529 g/mol. The summed E-state index contributed by atoms with van der Waals surface area (Å²) < 4.78 is 0. The minimum absolute atomic E-state index is 0.0213. The number of carbonyl (C=O) groups excluding carboxylic acids is 6. The number of aromatic hydroxyl groups is 2. The fraction of sp³-hybridized carbons (Fsp3) is 0.250. The van der Waals surface area contributed by atoms with E-state index in [4.69, 9.17) is 5.84 Å². The Bertz CT molecular complexity index is 1260. The van der Waals surface area contributed by atoms with E-state index >= 15 is 0 Å². The number of carbonyl (C=O) groups is 6. The van der Waals surface area contributed by atoms with Gasteiger partial charge in [0.2, 0.25) is 23.6 Å². The molecule has 38 heavy (non-hydrogen) atoms. The predicted octanol–water partition coefficient (Wildman–Crippen LogP) is 0.879. The van der Waals surface area contributed by atoms with E-state index in [1.807, 2.05) is 5.43 Å². The highest BCUT2D eigenvalue weighted by Crippen LogP contribution is 2.25. The van der Waals surface area contributed by atoms with Gasteiger partial charge in [-0.1, -0.05) is 0 Å². The molecule has 2 aromatic carbocycles. The number of anilines is 2.